The Hall–Kier alpha value is -0.400. The van der Waals surface area contributed by atoms with Crippen LogP contribution >= 0.6 is 0 Å². The van der Waals surface area contributed by atoms with Gasteiger partial charge >= 0.3 is 0 Å². The van der Waals surface area contributed by atoms with Crippen LogP contribution in [0, 0.1) is 0 Å². The summed E-state index contributed by atoms with van der Waals surface area (Å²) in [7, 11) is 0. The van der Waals surface area contributed by atoms with Crippen molar-refractivity contribution in [3.05, 3.63) is 0 Å². The minimum atomic E-state index is -1.66. The highest BCUT2D eigenvalue weighted by molar-refractivity contribution is 4.91. The molecule has 21 heavy (non-hydrogen) atoms. The lowest BCUT2D eigenvalue weighted by molar-refractivity contribution is -0.233. The van der Waals surface area contributed by atoms with E-state index in [0.29, 0.717) is 0 Å². The first-order chi connectivity index (χ1) is 9.87. The highest BCUT2D eigenvalue weighted by Crippen LogP contribution is 2.26. The van der Waals surface area contributed by atoms with Gasteiger partial charge in [-0.2, -0.15) is 0 Å². The maximum atomic E-state index is 9.73. The number of rotatable bonds is 8. The Kier molecular flexibility index (Phi) is 7.36. The van der Waals surface area contributed by atoms with Gasteiger partial charge in [-0.25, -0.2) is 0 Å². The van der Waals surface area contributed by atoms with Crippen LogP contribution in [0.5, 0.6) is 0 Å². The molecular weight excluding hydrogens is 292 g/mol. The van der Waals surface area contributed by atoms with Gasteiger partial charge in [0.05, 0.1) is 19.8 Å². The van der Waals surface area contributed by atoms with Gasteiger partial charge in [-0.1, -0.05) is 0 Å². The van der Waals surface area contributed by atoms with Crippen LogP contribution in [0.25, 0.3) is 0 Å². The Morgan fingerprint density at radius 3 is 2.00 bits per heavy atom. The summed E-state index contributed by atoms with van der Waals surface area (Å²) in [5.74, 6) is 0. The van der Waals surface area contributed by atoms with Crippen LogP contribution in [0.2, 0.25) is 0 Å². The fraction of sp³-hybridized carbons (Fsp3) is 1.00. The van der Waals surface area contributed by atoms with Crippen molar-refractivity contribution in [1.29, 1.82) is 0 Å². The molecule has 10 nitrogen and oxygen atoms in total. The average molecular weight is 314 g/mol. The first kappa shape index (κ1) is 18.6. The molecule has 0 aromatic heterocycles. The molecule has 8 unspecified atom stereocenters. The van der Waals surface area contributed by atoms with Crippen LogP contribution in [0.1, 0.15) is 0 Å². The van der Waals surface area contributed by atoms with Gasteiger partial charge < -0.3 is 50.3 Å². The van der Waals surface area contributed by atoms with Crippen molar-refractivity contribution in [2.75, 3.05) is 19.8 Å². The maximum absolute atomic E-state index is 9.73. The van der Waals surface area contributed by atoms with Crippen molar-refractivity contribution < 1.29 is 50.3 Å². The van der Waals surface area contributed by atoms with E-state index in [2.05, 4.69) is 0 Å². The van der Waals surface area contributed by atoms with Crippen molar-refractivity contribution in [2.24, 2.45) is 0 Å². The largest absolute Gasteiger partial charge is 0.394 e. The summed E-state index contributed by atoms with van der Waals surface area (Å²) < 4.78 is 10.1. The third kappa shape index (κ3) is 4.29. The lowest BCUT2D eigenvalue weighted by Gasteiger charge is -2.28. The molecule has 0 aromatic carbocycles. The van der Waals surface area contributed by atoms with Gasteiger partial charge in [0, 0.05) is 0 Å². The molecule has 8 atom stereocenters. The van der Waals surface area contributed by atoms with Crippen molar-refractivity contribution >= 4 is 0 Å². The molecule has 0 radical (unpaired) electrons. The van der Waals surface area contributed by atoms with E-state index in [9.17, 15) is 25.5 Å². The Balaban J connectivity index is 2.68. The second-order valence-corrected chi connectivity index (χ2v) is 4.80. The highest BCUT2D eigenvalue weighted by atomic mass is 16.7. The van der Waals surface area contributed by atoms with E-state index in [1.54, 1.807) is 0 Å². The van der Waals surface area contributed by atoms with Crippen LogP contribution in [0.15, 0.2) is 0 Å². The first-order valence-corrected chi connectivity index (χ1v) is 6.41. The third-order valence-corrected chi connectivity index (χ3v) is 3.27. The predicted molar refractivity (Wildman–Crippen MR) is 64.8 cm³/mol. The number of aliphatic hydroxyl groups excluding tert-OH is 8. The molecule has 1 aliphatic rings. The zero-order chi connectivity index (χ0) is 16.2. The topological polar surface area (TPSA) is 180 Å². The van der Waals surface area contributed by atoms with Gasteiger partial charge in [-0.05, 0) is 0 Å². The summed E-state index contributed by atoms with van der Waals surface area (Å²) in [5, 5.41) is 74.4. The Morgan fingerprint density at radius 1 is 0.905 bits per heavy atom. The Bertz CT molecular complexity index is 303. The van der Waals surface area contributed by atoms with Crippen molar-refractivity contribution in [2.45, 2.75) is 49.0 Å². The second kappa shape index (κ2) is 8.29. The molecule has 1 rings (SSSR count). The van der Waals surface area contributed by atoms with E-state index in [1.807, 2.05) is 0 Å². The minimum Gasteiger partial charge on any atom is -0.394 e. The van der Waals surface area contributed by atoms with Crippen molar-refractivity contribution in [1.82, 2.24) is 0 Å². The van der Waals surface area contributed by atoms with Gasteiger partial charge in [-0.15, -0.1) is 0 Å². The first-order valence-electron chi connectivity index (χ1n) is 6.41. The molecule has 1 saturated heterocycles. The van der Waals surface area contributed by atoms with E-state index in [-0.39, 0.29) is 0 Å². The fourth-order valence-corrected chi connectivity index (χ4v) is 1.97. The van der Waals surface area contributed by atoms with E-state index in [4.69, 9.17) is 24.8 Å². The van der Waals surface area contributed by atoms with Crippen LogP contribution in [0.3, 0.4) is 0 Å². The summed E-state index contributed by atoms with van der Waals surface area (Å²) in [4.78, 5) is 0. The van der Waals surface area contributed by atoms with Gasteiger partial charge in [0.15, 0.2) is 6.29 Å². The predicted octanol–water partition coefficient (Wildman–Crippen LogP) is -5.12. The Morgan fingerprint density at radius 2 is 1.52 bits per heavy atom. The molecule has 10 heteroatoms. The number of ether oxygens (including phenoxy) is 2. The normalized spacial score (nSPS) is 35.4. The summed E-state index contributed by atoms with van der Waals surface area (Å²) in [6.07, 6.45) is -12.0. The van der Waals surface area contributed by atoms with Crippen LogP contribution < -0.4 is 0 Å². The number of hydrogen-bond donors (Lipinski definition) is 8. The zero-order valence-electron chi connectivity index (χ0n) is 11.1. The summed E-state index contributed by atoms with van der Waals surface area (Å²) in [6, 6.07) is 0. The van der Waals surface area contributed by atoms with E-state index in [1.165, 1.54) is 0 Å². The highest BCUT2D eigenvalue weighted by Gasteiger charge is 2.47. The molecule has 8 N–H and O–H groups in total. The molecule has 0 spiro atoms. The molecule has 0 aliphatic carbocycles. The smallest absolute Gasteiger partial charge is 0.187 e. The number of aliphatic hydroxyl groups is 8. The second-order valence-electron chi connectivity index (χ2n) is 4.80. The maximum Gasteiger partial charge on any atom is 0.187 e. The molecule has 1 fully saturated rings. The van der Waals surface area contributed by atoms with Crippen LogP contribution in [-0.4, -0.2) is 110 Å². The molecule has 1 aliphatic heterocycles. The third-order valence-electron chi connectivity index (χ3n) is 3.27. The SMILES string of the molecule is OCC(O)C(O)C(CO)OC1OC(C(O)CO)C(O)C1O. The van der Waals surface area contributed by atoms with Crippen molar-refractivity contribution in [3.8, 4) is 0 Å². The quantitative estimate of drug-likeness (QED) is 0.216. The molecule has 126 valence electrons. The summed E-state index contributed by atoms with van der Waals surface area (Å²) in [5.41, 5.74) is 0. The van der Waals surface area contributed by atoms with Gasteiger partial charge in [-0.3, -0.25) is 0 Å². The van der Waals surface area contributed by atoms with Crippen LogP contribution in [-0.2, 0) is 9.47 Å². The molecule has 1 heterocycles. The van der Waals surface area contributed by atoms with E-state index in [0.717, 1.165) is 0 Å². The molecular formula is C11H22O10. The van der Waals surface area contributed by atoms with E-state index >= 15 is 0 Å². The lowest BCUT2D eigenvalue weighted by Crippen LogP contribution is -2.46. The molecule has 0 aromatic rings. The van der Waals surface area contributed by atoms with Gasteiger partial charge in [0.2, 0.25) is 0 Å². The monoisotopic (exact) mass is 314 g/mol. The standard InChI is InChI=1S/C11H22O10/c12-1-4(15)7(17)6(3-14)20-11-9(19)8(18)10(21-11)5(16)2-13/h4-19H,1-3H2. The molecule has 0 amide bonds. The fourth-order valence-electron chi connectivity index (χ4n) is 1.97. The summed E-state index contributed by atoms with van der Waals surface area (Å²) in [6.45, 7) is -2.24. The Labute approximate surface area is 120 Å². The minimum absolute atomic E-state index is 0.712. The zero-order valence-corrected chi connectivity index (χ0v) is 11.1. The average Bonchev–Trinajstić information content (AvgIpc) is 2.78. The number of hydrogen-bond acceptors (Lipinski definition) is 10. The van der Waals surface area contributed by atoms with Crippen molar-refractivity contribution in [3.63, 3.8) is 0 Å². The molecule has 0 bridgehead atoms. The van der Waals surface area contributed by atoms with E-state index < -0.39 is 68.8 Å². The van der Waals surface area contributed by atoms with Crippen LogP contribution in [0.4, 0.5) is 0 Å². The van der Waals surface area contributed by atoms with Gasteiger partial charge in [0.25, 0.3) is 0 Å². The molecule has 0 saturated carbocycles. The lowest BCUT2D eigenvalue weighted by atomic mass is 10.1. The van der Waals surface area contributed by atoms with Gasteiger partial charge in [0.1, 0.15) is 42.7 Å². The summed E-state index contributed by atoms with van der Waals surface area (Å²) >= 11 is 0.